The highest BCUT2D eigenvalue weighted by Crippen LogP contribution is 2.53. The summed E-state index contributed by atoms with van der Waals surface area (Å²) in [5.74, 6) is -1.87. The molecule has 2 aliphatic rings. The van der Waals surface area contributed by atoms with Crippen molar-refractivity contribution in [1.29, 1.82) is 0 Å². The third-order valence-electron chi connectivity index (χ3n) is 9.57. The van der Waals surface area contributed by atoms with Crippen molar-refractivity contribution in [3.05, 3.63) is 172 Å². The number of halogens is 3. The molecule has 9 heteroatoms. The second-order valence-electron chi connectivity index (χ2n) is 13.1. The molecule has 6 nitrogen and oxygen atoms in total. The fraction of sp³-hybridized carbons (Fsp3) is 0.302. The van der Waals surface area contributed by atoms with Crippen LogP contribution in [0.3, 0.4) is 0 Å². The van der Waals surface area contributed by atoms with Crippen LogP contribution >= 0.6 is 11.6 Å². The van der Waals surface area contributed by atoms with Crippen molar-refractivity contribution in [3.8, 4) is 5.75 Å². The minimum Gasteiger partial charge on any atom is -0.491 e. The highest BCUT2D eigenvalue weighted by Gasteiger charge is 2.69. The standard InChI is InChI=1S/C43H41ClF2O6/c1-2-47-38-21-18-33(23-37(38)46)22-34-24-35(19-20-36(34)44)43-41(50-27-32-16-10-5-11-17-32)39(48-25-30-12-6-3-7-13-30)40(42(28-45,52-43)29-51-43)49-26-31-14-8-4-9-15-31/h3-21,23-24,39-41H,2,22,25-29H2,1H3/t39-,40-,41+,42-,43-/m0/s1. The van der Waals surface area contributed by atoms with Gasteiger partial charge in [-0.25, -0.2) is 8.78 Å². The van der Waals surface area contributed by atoms with E-state index in [-0.39, 0.29) is 32.2 Å². The molecule has 5 aromatic carbocycles. The summed E-state index contributed by atoms with van der Waals surface area (Å²) in [6, 6.07) is 39.5. The van der Waals surface area contributed by atoms with E-state index >= 15 is 4.39 Å². The van der Waals surface area contributed by atoms with E-state index in [9.17, 15) is 4.39 Å². The second kappa shape index (κ2) is 16.3. The van der Waals surface area contributed by atoms with Crippen LogP contribution in [0.5, 0.6) is 5.75 Å². The van der Waals surface area contributed by atoms with Crippen LogP contribution in [-0.2, 0) is 55.7 Å². The predicted molar refractivity (Wildman–Crippen MR) is 194 cm³/mol. The highest BCUT2D eigenvalue weighted by molar-refractivity contribution is 6.31. The van der Waals surface area contributed by atoms with E-state index in [1.807, 2.05) is 97.1 Å². The molecule has 0 N–H and O–H groups in total. The lowest BCUT2D eigenvalue weighted by Gasteiger charge is -2.50. The van der Waals surface area contributed by atoms with Crippen LogP contribution in [0.25, 0.3) is 0 Å². The molecule has 2 aliphatic heterocycles. The van der Waals surface area contributed by atoms with Gasteiger partial charge in [0.05, 0.1) is 33.0 Å². The van der Waals surface area contributed by atoms with Gasteiger partial charge in [-0.1, -0.05) is 115 Å². The van der Waals surface area contributed by atoms with Crippen molar-refractivity contribution in [2.75, 3.05) is 19.9 Å². The van der Waals surface area contributed by atoms with Crippen molar-refractivity contribution in [1.82, 2.24) is 0 Å². The number of hydrogen-bond acceptors (Lipinski definition) is 6. The monoisotopic (exact) mass is 726 g/mol. The normalized spacial score (nSPS) is 23.8. The molecule has 270 valence electrons. The molecule has 5 aromatic rings. The third-order valence-corrected chi connectivity index (χ3v) is 9.94. The van der Waals surface area contributed by atoms with Gasteiger partial charge in [0.2, 0.25) is 5.79 Å². The maximum absolute atomic E-state index is 15.6. The fourth-order valence-corrected chi connectivity index (χ4v) is 7.16. The molecule has 0 unspecified atom stereocenters. The van der Waals surface area contributed by atoms with Gasteiger partial charge in [0.25, 0.3) is 0 Å². The Balaban J connectivity index is 1.29. The second-order valence-corrected chi connectivity index (χ2v) is 13.5. The number of rotatable bonds is 15. The van der Waals surface area contributed by atoms with Crippen LogP contribution < -0.4 is 4.74 Å². The average Bonchev–Trinajstić information content (AvgIpc) is 3.54. The lowest BCUT2D eigenvalue weighted by atomic mass is 9.83. The van der Waals surface area contributed by atoms with Gasteiger partial charge in [-0.05, 0) is 65.4 Å². The van der Waals surface area contributed by atoms with Crippen molar-refractivity contribution in [2.24, 2.45) is 0 Å². The molecule has 2 saturated heterocycles. The molecule has 2 heterocycles. The smallest absolute Gasteiger partial charge is 0.225 e. The number of fused-ring (bicyclic) bond motifs is 2. The van der Waals surface area contributed by atoms with Gasteiger partial charge in [0.15, 0.2) is 17.2 Å². The Hall–Kier alpha value is -4.15. The first-order valence-electron chi connectivity index (χ1n) is 17.5. The lowest BCUT2D eigenvalue weighted by molar-refractivity contribution is -0.351. The summed E-state index contributed by atoms with van der Waals surface area (Å²) >= 11 is 6.77. The van der Waals surface area contributed by atoms with E-state index in [0.717, 1.165) is 16.7 Å². The molecular formula is C43H41ClF2O6. The number of hydrogen-bond donors (Lipinski definition) is 0. The van der Waals surface area contributed by atoms with Crippen molar-refractivity contribution in [3.63, 3.8) is 0 Å². The summed E-state index contributed by atoms with van der Waals surface area (Å²) in [6.45, 7) is 1.77. The van der Waals surface area contributed by atoms with Crippen LogP contribution in [0, 0.1) is 5.82 Å². The van der Waals surface area contributed by atoms with Crippen molar-refractivity contribution < 1.29 is 37.2 Å². The summed E-state index contributed by atoms with van der Waals surface area (Å²) in [5.41, 5.74) is 3.24. The van der Waals surface area contributed by atoms with E-state index in [1.54, 1.807) is 31.2 Å². The Labute approximate surface area is 308 Å². The Morgan fingerprint density at radius 1 is 0.712 bits per heavy atom. The molecule has 0 aliphatic carbocycles. The predicted octanol–water partition coefficient (Wildman–Crippen LogP) is 9.15. The van der Waals surface area contributed by atoms with Gasteiger partial charge in [-0.2, -0.15) is 0 Å². The lowest BCUT2D eigenvalue weighted by Crippen LogP contribution is -2.67. The summed E-state index contributed by atoms with van der Waals surface area (Å²) in [5, 5.41) is 0.475. The Bertz CT molecular complexity index is 1920. The van der Waals surface area contributed by atoms with Crippen LogP contribution in [0.1, 0.15) is 40.3 Å². The molecule has 2 bridgehead atoms. The Kier molecular flexibility index (Phi) is 11.3. The van der Waals surface area contributed by atoms with Gasteiger partial charge >= 0.3 is 0 Å². The summed E-state index contributed by atoms with van der Waals surface area (Å²) in [6.07, 6.45) is -2.35. The Morgan fingerprint density at radius 3 is 1.88 bits per heavy atom. The van der Waals surface area contributed by atoms with Crippen molar-refractivity contribution in [2.45, 2.75) is 62.9 Å². The summed E-state index contributed by atoms with van der Waals surface area (Å²) < 4.78 is 69.6. The molecule has 7 rings (SSSR count). The minimum atomic E-state index is -1.60. The molecule has 0 spiro atoms. The summed E-state index contributed by atoms with van der Waals surface area (Å²) in [4.78, 5) is 0. The Morgan fingerprint density at radius 2 is 1.31 bits per heavy atom. The molecule has 0 saturated carbocycles. The molecule has 52 heavy (non-hydrogen) atoms. The molecule has 0 amide bonds. The first-order valence-corrected chi connectivity index (χ1v) is 17.9. The fourth-order valence-electron chi connectivity index (χ4n) is 6.98. The van der Waals surface area contributed by atoms with Gasteiger partial charge in [-0.15, -0.1) is 0 Å². The van der Waals surface area contributed by atoms with E-state index in [4.69, 9.17) is 40.0 Å². The zero-order chi connectivity index (χ0) is 36.0. The first kappa shape index (κ1) is 36.2. The van der Waals surface area contributed by atoms with Gasteiger partial charge in [-0.3, -0.25) is 0 Å². The van der Waals surface area contributed by atoms with E-state index in [1.165, 1.54) is 6.07 Å². The zero-order valence-corrected chi connectivity index (χ0v) is 29.6. The van der Waals surface area contributed by atoms with E-state index < -0.39 is 42.2 Å². The van der Waals surface area contributed by atoms with E-state index in [2.05, 4.69) is 0 Å². The average molecular weight is 727 g/mol. The quantitative estimate of drug-likeness (QED) is 0.107. The van der Waals surface area contributed by atoms with Crippen molar-refractivity contribution >= 4 is 11.6 Å². The maximum Gasteiger partial charge on any atom is 0.225 e. The van der Waals surface area contributed by atoms with Crippen LogP contribution in [-0.4, -0.2) is 43.8 Å². The summed E-state index contributed by atoms with van der Waals surface area (Å²) in [7, 11) is 0. The maximum atomic E-state index is 15.6. The van der Waals surface area contributed by atoms with Crippen LogP contribution in [0.15, 0.2) is 127 Å². The first-order chi connectivity index (χ1) is 25.4. The number of ether oxygens (including phenoxy) is 6. The molecule has 2 fully saturated rings. The van der Waals surface area contributed by atoms with Gasteiger partial charge in [0.1, 0.15) is 25.0 Å². The highest BCUT2D eigenvalue weighted by atomic mass is 35.5. The van der Waals surface area contributed by atoms with Gasteiger partial charge < -0.3 is 28.4 Å². The SMILES string of the molecule is CCOc1ccc(Cc2cc([C@]34OC[C@](CF)(O3)[C@@H](OCc3ccccc3)[C@H](OCc3ccccc3)[C@H]4OCc3ccccc3)ccc2Cl)cc1F. The number of benzene rings is 5. The topological polar surface area (TPSA) is 55.4 Å². The van der Waals surface area contributed by atoms with Crippen LogP contribution in [0.2, 0.25) is 5.02 Å². The number of alkyl halides is 1. The molecule has 0 radical (unpaired) electrons. The molecule has 0 aromatic heterocycles. The minimum absolute atomic E-state index is 0.110. The third kappa shape index (κ3) is 7.64. The largest absolute Gasteiger partial charge is 0.491 e. The van der Waals surface area contributed by atoms with E-state index in [0.29, 0.717) is 34.7 Å². The zero-order valence-electron chi connectivity index (χ0n) is 28.9. The van der Waals surface area contributed by atoms with Crippen LogP contribution in [0.4, 0.5) is 8.78 Å². The molecule has 5 atom stereocenters. The van der Waals surface area contributed by atoms with Gasteiger partial charge in [0, 0.05) is 10.6 Å². The molecular weight excluding hydrogens is 686 g/mol.